The van der Waals surface area contributed by atoms with Crippen molar-refractivity contribution in [2.45, 2.75) is 5.92 Å². The van der Waals surface area contributed by atoms with Crippen molar-refractivity contribution >= 4 is 6.09 Å². The summed E-state index contributed by atoms with van der Waals surface area (Å²) in [5.74, 6) is 0.899. The number of nitriles is 1. The van der Waals surface area contributed by atoms with E-state index in [1.54, 1.807) is 41.3 Å². The van der Waals surface area contributed by atoms with Crippen molar-refractivity contribution in [1.82, 2.24) is 15.1 Å². The maximum absolute atomic E-state index is 13.0. The van der Waals surface area contributed by atoms with Gasteiger partial charge >= 0.3 is 6.09 Å². The van der Waals surface area contributed by atoms with Gasteiger partial charge in [0, 0.05) is 24.2 Å². The van der Waals surface area contributed by atoms with Gasteiger partial charge in [-0.15, -0.1) is 5.10 Å². The number of nitrogens with one attached hydrogen (secondary N) is 1. The molecule has 1 aromatic heterocycles. The topological polar surface area (TPSA) is 154 Å². The molecule has 0 spiro atoms. The number of fused-ring (bicyclic) bond motifs is 1. The van der Waals surface area contributed by atoms with Gasteiger partial charge in [0.25, 0.3) is 0 Å². The van der Waals surface area contributed by atoms with E-state index in [-0.39, 0.29) is 23.1 Å². The Morgan fingerprint density at radius 1 is 1.10 bits per heavy atom. The summed E-state index contributed by atoms with van der Waals surface area (Å²) >= 11 is 0. The van der Waals surface area contributed by atoms with Crippen molar-refractivity contribution in [1.29, 1.82) is 5.26 Å². The Labute approximate surface area is 224 Å². The molecule has 3 N–H and O–H groups in total. The lowest BCUT2D eigenvalue weighted by Gasteiger charge is -2.28. The largest absolute Gasteiger partial charge is 0.493 e. The molecule has 5 rings (SSSR count). The fraction of sp³-hybridized carbons (Fsp3) is 0.296. The highest BCUT2D eigenvalue weighted by Crippen LogP contribution is 2.49. The quantitative estimate of drug-likeness (QED) is 0.483. The molecule has 1 saturated heterocycles. The van der Waals surface area contributed by atoms with Crippen LogP contribution in [0.3, 0.4) is 0 Å². The van der Waals surface area contributed by atoms with Gasteiger partial charge in [0.2, 0.25) is 17.5 Å². The fourth-order valence-corrected chi connectivity index (χ4v) is 4.72. The van der Waals surface area contributed by atoms with Crippen LogP contribution in [0.2, 0.25) is 0 Å². The molecule has 2 aromatic carbocycles. The number of aromatic amines is 1. The average Bonchev–Trinajstić information content (AvgIpc) is 3.39. The summed E-state index contributed by atoms with van der Waals surface area (Å²) in [7, 11) is 4.56. The lowest BCUT2D eigenvalue weighted by Crippen LogP contribution is -2.42. The number of nitrogens with zero attached hydrogens (tertiary/aromatic N) is 3. The van der Waals surface area contributed by atoms with Crippen molar-refractivity contribution in [3.8, 4) is 46.2 Å². The lowest BCUT2D eigenvalue weighted by molar-refractivity contribution is 0.0415. The molecule has 0 bridgehead atoms. The van der Waals surface area contributed by atoms with Crippen molar-refractivity contribution in [2.75, 3.05) is 47.6 Å². The molecule has 12 heteroatoms. The number of hydrogen-bond acceptors (Lipinski definition) is 10. The van der Waals surface area contributed by atoms with Crippen LogP contribution in [-0.4, -0.2) is 68.8 Å². The zero-order chi connectivity index (χ0) is 27.5. The Bertz CT molecular complexity index is 1440. The third kappa shape index (κ3) is 4.64. The standard InChI is InChI=1S/C27H27N5O7/c1-34-19-12-15(13-20(35-2)24(19)36-3)23-22-21(17(14-28)25(29)39-26(22)31-30-23)16-6-4-5-7-18(16)38-27(33)32-8-10-37-11-9-32/h4-7,12-13,21H,8-11,29H2,1-3H3,(H,30,31)/t21-/m1/s1. The number of para-hydroxylation sites is 1. The predicted molar refractivity (Wildman–Crippen MR) is 138 cm³/mol. The van der Waals surface area contributed by atoms with Gasteiger partial charge in [0.15, 0.2) is 11.5 Å². The van der Waals surface area contributed by atoms with Crippen LogP contribution in [0.4, 0.5) is 4.79 Å². The van der Waals surface area contributed by atoms with Gasteiger partial charge in [0.1, 0.15) is 17.4 Å². The highest BCUT2D eigenvalue weighted by Gasteiger charge is 2.38. The monoisotopic (exact) mass is 533 g/mol. The number of carbonyl (C=O) groups is 1. The Balaban J connectivity index is 1.64. The van der Waals surface area contributed by atoms with E-state index in [2.05, 4.69) is 16.3 Å². The van der Waals surface area contributed by atoms with E-state index in [1.165, 1.54) is 21.3 Å². The summed E-state index contributed by atoms with van der Waals surface area (Å²) in [6.07, 6.45) is -0.509. The van der Waals surface area contributed by atoms with Crippen LogP contribution in [0, 0.1) is 11.3 Å². The molecule has 3 heterocycles. The SMILES string of the molecule is COc1cc(-c2[nH]nc3c2[C@H](c2ccccc2OC(=O)N2CCOCC2)C(C#N)=C(N)O3)cc(OC)c1OC. The molecule has 1 amide bonds. The molecule has 2 aliphatic rings. The van der Waals surface area contributed by atoms with E-state index in [1.807, 2.05) is 0 Å². The molecule has 2 aliphatic heterocycles. The van der Waals surface area contributed by atoms with E-state index in [4.69, 9.17) is 34.2 Å². The molecule has 12 nitrogen and oxygen atoms in total. The summed E-state index contributed by atoms with van der Waals surface area (Å²) < 4.78 is 33.4. The predicted octanol–water partition coefficient (Wildman–Crippen LogP) is 3.15. The number of ether oxygens (including phenoxy) is 6. The second-order valence-electron chi connectivity index (χ2n) is 8.66. The summed E-state index contributed by atoms with van der Waals surface area (Å²) in [5, 5.41) is 17.5. The zero-order valence-electron chi connectivity index (χ0n) is 21.6. The summed E-state index contributed by atoms with van der Waals surface area (Å²) in [4.78, 5) is 14.5. The summed E-state index contributed by atoms with van der Waals surface area (Å²) in [6.45, 7) is 1.72. The van der Waals surface area contributed by atoms with Crippen LogP contribution in [0.1, 0.15) is 17.0 Å². The molecule has 3 aromatic rings. The van der Waals surface area contributed by atoms with E-state index >= 15 is 0 Å². The first-order valence-electron chi connectivity index (χ1n) is 12.1. The number of nitrogens with two attached hydrogens (primary N) is 1. The molecule has 202 valence electrons. The molecule has 1 fully saturated rings. The summed E-state index contributed by atoms with van der Waals surface area (Å²) in [6, 6.07) is 12.7. The van der Waals surface area contributed by atoms with Crippen molar-refractivity contribution < 1.29 is 33.2 Å². The minimum absolute atomic E-state index is 0.0905. The molecule has 0 aliphatic carbocycles. The van der Waals surface area contributed by atoms with Crippen LogP contribution in [0.15, 0.2) is 47.9 Å². The van der Waals surface area contributed by atoms with Gasteiger partial charge in [-0.1, -0.05) is 18.2 Å². The number of amides is 1. The minimum atomic E-state index is -0.764. The van der Waals surface area contributed by atoms with Gasteiger partial charge in [0.05, 0.1) is 51.7 Å². The Morgan fingerprint density at radius 3 is 2.44 bits per heavy atom. The highest BCUT2D eigenvalue weighted by atomic mass is 16.6. The number of allylic oxidation sites excluding steroid dienone is 1. The molecular weight excluding hydrogens is 506 g/mol. The van der Waals surface area contributed by atoms with Crippen molar-refractivity contribution in [3.05, 3.63) is 59.0 Å². The molecule has 0 radical (unpaired) electrons. The van der Waals surface area contributed by atoms with E-state index in [0.29, 0.717) is 65.9 Å². The van der Waals surface area contributed by atoms with Crippen LogP contribution in [0.5, 0.6) is 28.9 Å². The number of benzene rings is 2. The number of hydrogen-bond donors (Lipinski definition) is 2. The fourth-order valence-electron chi connectivity index (χ4n) is 4.72. The van der Waals surface area contributed by atoms with E-state index in [9.17, 15) is 10.1 Å². The van der Waals surface area contributed by atoms with Crippen LogP contribution >= 0.6 is 0 Å². The number of aromatic nitrogens is 2. The second kappa shape index (κ2) is 10.8. The number of morpholine rings is 1. The normalized spacial score (nSPS) is 16.6. The van der Waals surface area contributed by atoms with Crippen LogP contribution < -0.4 is 29.4 Å². The van der Waals surface area contributed by atoms with E-state index < -0.39 is 12.0 Å². The van der Waals surface area contributed by atoms with Crippen LogP contribution in [0.25, 0.3) is 11.3 Å². The molecule has 1 atom stereocenters. The molecule has 39 heavy (non-hydrogen) atoms. The maximum atomic E-state index is 13.0. The number of carbonyl (C=O) groups excluding carboxylic acids is 1. The molecule has 0 saturated carbocycles. The number of methoxy groups -OCH3 is 3. The average molecular weight is 534 g/mol. The zero-order valence-corrected chi connectivity index (χ0v) is 21.6. The second-order valence-corrected chi connectivity index (χ2v) is 8.66. The van der Waals surface area contributed by atoms with E-state index in [0.717, 1.165) is 0 Å². The van der Waals surface area contributed by atoms with Gasteiger partial charge in [-0.05, 0) is 18.2 Å². The minimum Gasteiger partial charge on any atom is -0.493 e. The third-order valence-electron chi connectivity index (χ3n) is 6.59. The first kappa shape index (κ1) is 25.7. The highest BCUT2D eigenvalue weighted by molar-refractivity contribution is 5.76. The van der Waals surface area contributed by atoms with Gasteiger partial charge in [-0.25, -0.2) is 4.79 Å². The number of H-pyrrole nitrogens is 1. The molecule has 0 unspecified atom stereocenters. The Morgan fingerprint density at radius 2 is 1.79 bits per heavy atom. The van der Waals surface area contributed by atoms with Gasteiger partial charge in [-0.2, -0.15) is 5.26 Å². The first-order valence-corrected chi connectivity index (χ1v) is 12.1. The smallest absolute Gasteiger partial charge is 0.415 e. The summed E-state index contributed by atoms with van der Waals surface area (Å²) in [5.41, 5.74) is 8.55. The Kier molecular flexibility index (Phi) is 7.16. The Hall–Kier alpha value is -4.89. The third-order valence-corrected chi connectivity index (χ3v) is 6.59. The lowest BCUT2D eigenvalue weighted by atomic mass is 9.82. The van der Waals surface area contributed by atoms with Crippen molar-refractivity contribution in [3.63, 3.8) is 0 Å². The van der Waals surface area contributed by atoms with Crippen LogP contribution in [-0.2, 0) is 4.74 Å². The first-order chi connectivity index (χ1) is 19.0. The van der Waals surface area contributed by atoms with Gasteiger partial charge in [-0.3, -0.25) is 5.10 Å². The maximum Gasteiger partial charge on any atom is 0.415 e. The number of rotatable bonds is 6. The van der Waals surface area contributed by atoms with Crippen molar-refractivity contribution in [2.24, 2.45) is 5.73 Å². The molecular formula is C27H27N5O7. The van der Waals surface area contributed by atoms with Gasteiger partial charge < -0.3 is 39.1 Å².